The van der Waals surface area contributed by atoms with Crippen molar-refractivity contribution in [1.82, 2.24) is 5.06 Å². The van der Waals surface area contributed by atoms with Gasteiger partial charge in [0.05, 0.1) is 0 Å². The molecule has 0 radical (unpaired) electrons. The van der Waals surface area contributed by atoms with Gasteiger partial charge >= 0.3 is 10.4 Å². The van der Waals surface area contributed by atoms with Crippen LogP contribution in [0.4, 0.5) is 4.53 Å². The third kappa shape index (κ3) is 2.20. The highest BCUT2D eigenvalue weighted by Crippen LogP contribution is 2.14. The van der Waals surface area contributed by atoms with Crippen LogP contribution in [0.5, 0.6) is 0 Å². The quantitative estimate of drug-likeness (QED) is 0.571. The van der Waals surface area contributed by atoms with Crippen LogP contribution in [-0.4, -0.2) is 25.3 Å². The molecule has 13 heavy (non-hydrogen) atoms. The maximum absolute atomic E-state index is 11.2. The zero-order chi connectivity index (χ0) is 10.1. The number of carbonyl (C=O) groups is 2. The molecule has 0 aromatic heterocycles. The number of rotatable bonds is 3. The normalized spacial score (nSPS) is 18.4. The predicted molar refractivity (Wildman–Crippen MR) is 33.3 cm³/mol. The van der Waals surface area contributed by atoms with Crippen molar-refractivity contribution in [3.63, 3.8) is 0 Å². The molecular weight excluding hydrogens is 209 g/mol. The minimum Gasteiger partial charge on any atom is -0.272 e. The van der Waals surface area contributed by atoms with E-state index in [4.69, 9.17) is 0 Å². The van der Waals surface area contributed by atoms with E-state index in [0.29, 0.717) is 0 Å². The molecule has 0 unspecified atom stereocenters. The van der Waals surface area contributed by atoms with E-state index in [2.05, 4.69) is 8.67 Å². The van der Waals surface area contributed by atoms with E-state index in [0.717, 1.165) is 0 Å². The van der Waals surface area contributed by atoms with Gasteiger partial charge in [-0.3, -0.25) is 9.59 Å². The Bertz CT molecular complexity index is 321. The second-order valence-electron chi connectivity index (χ2n) is 2.13. The highest BCUT2D eigenvalue weighted by Gasteiger charge is 2.35. The summed E-state index contributed by atoms with van der Waals surface area (Å²) in [6, 6.07) is 0. The van der Waals surface area contributed by atoms with E-state index in [-0.39, 0.29) is 17.9 Å². The summed E-state index contributed by atoms with van der Waals surface area (Å²) in [5.74, 6) is -1.71. The average Bonchev–Trinajstić information content (AvgIpc) is 2.36. The monoisotopic (exact) mass is 213 g/mol. The Morgan fingerprint density at radius 2 is 1.69 bits per heavy atom. The number of imide groups is 1. The highest BCUT2D eigenvalue weighted by molar-refractivity contribution is 7.81. The number of nitrogens with zero attached hydrogens (tertiary/aromatic N) is 1. The lowest BCUT2D eigenvalue weighted by molar-refractivity contribution is -0.168. The minimum atomic E-state index is -4.95. The summed E-state index contributed by atoms with van der Waals surface area (Å²) in [4.78, 5) is 21.4. The van der Waals surface area contributed by atoms with Crippen LogP contribution in [0.1, 0.15) is 12.8 Å². The number of hydrogen-bond acceptors (Lipinski definition) is 6. The molecule has 0 atom stereocenters. The molecule has 0 aromatic rings. The molecule has 0 saturated carbocycles. The van der Waals surface area contributed by atoms with Gasteiger partial charge in [0.1, 0.15) is 0 Å². The maximum Gasteiger partial charge on any atom is 0.452 e. The van der Waals surface area contributed by atoms with Crippen LogP contribution in [0.25, 0.3) is 0 Å². The lowest BCUT2D eigenvalue weighted by Crippen LogP contribution is -2.32. The van der Waals surface area contributed by atoms with E-state index >= 15 is 0 Å². The van der Waals surface area contributed by atoms with Gasteiger partial charge in [-0.05, 0) is 8.91 Å². The van der Waals surface area contributed by atoms with Gasteiger partial charge in [-0.15, -0.1) is 9.35 Å². The Morgan fingerprint density at radius 3 is 2.08 bits per heavy atom. The molecule has 2 amide bonds. The van der Waals surface area contributed by atoms with Gasteiger partial charge in [-0.2, -0.15) is 8.42 Å². The molecule has 0 bridgehead atoms. The molecule has 0 aromatic carbocycles. The molecule has 9 heteroatoms. The molecule has 0 aliphatic carbocycles. The van der Waals surface area contributed by atoms with Gasteiger partial charge in [0.2, 0.25) is 0 Å². The maximum atomic E-state index is 11.2. The van der Waals surface area contributed by atoms with E-state index < -0.39 is 22.2 Å². The number of hydroxylamine groups is 2. The third-order valence-electron chi connectivity index (χ3n) is 1.25. The Morgan fingerprint density at radius 1 is 1.23 bits per heavy atom. The van der Waals surface area contributed by atoms with Crippen LogP contribution in [0.3, 0.4) is 0 Å². The Kier molecular flexibility index (Phi) is 2.59. The standard InChI is InChI=1S/C4H4FNO6S/c5-11-13(9,10)12-6-3(7)1-2-4(6)8/h1-2H2. The smallest absolute Gasteiger partial charge is 0.272 e. The van der Waals surface area contributed by atoms with Crippen LogP contribution in [0.2, 0.25) is 0 Å². The van der Waals surface area contributed by atoms with Gasteiger partial charge < -0.3 is 0 Å². The van der Waals surface area contributed by atoms with Gasteiger partial charge in [0.15, 0.2) is 0 Å². The summed E-state index contributed by atoms with van der Waals surface area (Å²) in [5.41, 5.74) is 0. The molecule has 1 saturated heterocycles. The van der Waals surface area contributed by atoms with Crippen molar-refractivity contribution in [2.24, 2.45) is 0 Å². The van der Waals surface area contributed by atoms with Crippen LogP contribution >= 0.6 is 0 Å². The second kappa shape index (κ2) is 3.36. The Balaban J connectivity index is 2.74. The topological polar surface area (TPSA) is 90.0 Å². The van der Waals surface area contributed by atoms with Crippen molar-refractivity contribution in [3.8, 4) is 0 Å². The fourth-order valence-corrected chi connectivity index (χ4v) is 1.11. The summed E-state index contributed by atoms with van der Waals surface area (Å²) in [6.45, 7) is 0. The number of carbonyl (C=O) groups excluding carboxylic acids is 2. The molecule has 1 heterocycles. The summed E-state index contributed by atoms with van der Waals surface area (Å²) in [5, 5.41) is -0.0467. The molecule has 0 spiro atoms. The zero-order valence-electron chi connectivity index (χ0n) is 6.10. The highest BCUT2D eigenvalue weighted by atomic mass is 32.3. The van der Waals surface area contributed by atoms with Gasteiger partial charge in [-0.25, -0.2) is 0 Å². The van der Waals surface area contributed by atoms with Gasteiger partial charge in [0.25, 0.3) is 11.8 Å². The largest absolute Gasteiger partial charge is 0.452 e. The van der Waals surface area contributed by atoms with E-state index in [1.165, 1.54) is 0 Å². The van der Waals surface area contributed by atoms with Crippen molar-refractivity contribution in [2.75, 3.05) is 0 Å². The first kappa shape index (κ1) is 10.0. The first-order chi connectivity index (χ1) is 5.96. The first-order valence-electron chi connectivity index (χ1n) is 3.07. The molecule has 1 aliphatic heterocycles. The van der Waals surface area contributed by atoms with Crippen LogP contribution in [0, 0.1) is 0 Å². The van der Waals surface area contributed by atoms with Crippen molar-refractivity contribution < 1.29 is 31.2 Å². The van der Waals surface area contributed by atoms with Crippen molar-refractivity contribution in [2.45, 2.75) is 12.8 Å². The zero-order valence-corrected chi connectivity index (χ0v) is 6.91. The predicted octanol–water partition coefficient (Wildman–Crippen LogP) is -0.787. The van der Waals surface area contributed by atoms with E-state index in [1.54, 1.807) is 0 Å². The fraction of sp³-hybridized carbons (Fsp3) is 0.500. The van der Waals surface area contributed by atoms with Crippen molar-refractivity contribution >= 4 is 22.2 Å². The Labute approximate surface area is 72.2 Å². The first-order valence-corrected chi connectivity index (χ1v) is 4.40. The number of amides is 2. The van der Waals surface area contributed by atoms with E-state index in [9.17, 15) is 22.5 Å². The molecule has 1 aliphatic rings. The second-order valence-corrected chi connectivity index (χ2v) is 3.22. The van der Waals surface area contributed by atoms with E-state index in [1.807, 2.05) is 0 Å². The van der Waals surface area contributed by atoms with Gasteiger partial charge in [0, 0.05) is 12.8 Å². The SMILES string of the molecule is O=C1CCC(=O)N1OS(=O)(=O)OF. The Hall–Kier alpha value is -1.06. The van der Waals surface area contributed by atoms with Crippen molar-refractivity contribution in [1.29, 1.82) is 0 Å². The van der Waals surface area contributed by atoms with Gasteiger partial charge in [-0.1, -0.05) is 0 Å². The van der Waals surface area contributed by atoms with Crippen LogP contribution in [0.15, 0.2) is 0 Å². The van der Waals surface area contributed by atoms with Crippen molar-refractivity contribution in [3.05, 3.63) is 0 Å². The minimum absolute atomic E-state index is 0.0467. The summed E-state index contributed by atoms with van der Waals surface area (Å²) in [7, 11) is -4.95. The third-order valence-corrected chi connectivity index (χ3v) is 1.73. The molecule has 7 nitrogen and oxygen atoms in total. The fourth-order valence-electron chi connectivity index (χ4n) is 0.742. The molecular formula is C4H4FNO6S. The molecule has 1 rings (SSSR count). The summed E-state index contributed by atoms with van der Waals surface area (Å²) >= 11 is 0. The molecule has 0 N–H and O–H groups in total. The number of halogens is 1. The summed E-state index contributed by atoms with van der Waals surface area (Å²) in [6.07, 6.45) is -0.332. The lowest BCUT2D eigenvalue weighted by atomic mass is 10.4. The van der Waals surface area contributed by atoms with Crippen LogP contribution in [-0.2, 0) is 28.7 Å². The molecule has 74 valence electrons. The summed E-state index contributed by atoms with van der Waals surface area (Å²) < 4.78 is 37.9. The lowest BCUT2D eigenvalue weighted by Gasteiger charge is -2.08. The number of hydrogen-bond donors (Lipinski definition) is 0. The van der Waals surface area contributed by atoms with Crippen LogP contribution < -0.4 is 0 Å². The average molecular weight is 213 g/mol. The molecule has 1 fully saturated rings.